The van der Waals surface area contributed by atoms with Crippen LogP contribution in [-0.4, -0.2) is 41.2 Å². The smallest absolute Gasteiger partial charge is 0.237 e. The van der Waals surface area contributed by atoms with Crippen molar-refractivity contribution in [2.45, 2.75) is 32.4 Å². The summed E-state index contributed by atoms with van der Waals surface area (Å²) in [6.07, 6.45) is 2.76. The highest BCUT2D eigenvalue weighted by Gasteiger charge is 2.28. The third kappa shape index (κ3) is 4.60. The van der Waals surface area contributed by atoms with Gasteiger partial charge in [-0.15, -0.1) is 0 Å². The van der Waals surface area contributed by atoms with E-state index >= 15 is 0 Å². The molecule has 0 aliphatic rings. The Morgan fingerprint density at radius 3 is 2.68 bits per heavy atom. The van der Waals surface area contributed by atoms with Crippen LogP contribution in [0.25, 0.3) is 22.2 Å². The quantitative estimate of drug-likeness (QED) is 0.236. The van der Waals surface area contributed by atoms with Crippen LogP contribution >= 0.6 is 0 Å². The molecule has 0 saturated heterocycles. The zero-order valence-electron chi connectivity index (χ0n) is 19.3. The molecule has 2 aromatic carbocycles. The molecule has 0 unspecified atom stereocenters. The Bertz CT molecular complexity index is 1330. The fourth-order valence-corrected chi connectivity index (χ4v) is 4.00. The van der Waals surface area contributed by atoms with Crippen molar-refractivity contribution in [1.29, 1.82) is 0 Å². The number of amides is 1. The maximum absolute atomic E-state index is 12.9. The van der Waals surface area contributed by atoms with E-state index in [1.165, 1.54) is 0 Å². The molecular weight excluding hydrogens is 431 g/mol. The first kappa shape index (κ1) is 23.3. The number of aromatic amines is 1. The maximum Gasteiger partial charge on any atom is 0.237 e. The molecule has 4 aromatic rings. The molecule has 0 saturated carbocycles. The van der Waals surface area contributed by atoms with Crippen molar-refractivity contribution >= 4 is 36.4 Å². The van der Waals surface area contributed by atoms with Crippen LogP contribution in [-0.2, 0) is 11.2 Å². The lowest BCUT2D eigenvalue weighted by atomic mass is 9.93. The molecule has 2 heterocycles. The number of aromatic hydroxyl groups is 1. The Kier molecular flexibility index (Phi) is 6.56. The van der Waals surface area contributed by atoms with Crippen molar-refractivity contribution < 1.29 is 19.1 Å². The highest BCUT2D eigenvalue weighted by atomic mass is 16.4. The summed E-state index contributed by atoms with van der Waals surface area (Å²) in [4.78, 5) is 32.4. The van der Waals surface area contributed by atoms with Crippen LogP contribution in [0, 0.1) is 5.92 Å². The number of H-pyrrole nitrogens is 1. The average Bonchev–Trinajstić information content (AvgIpc) is 3.43. The fraction of sp³-hybridized carbons (Fsp3) is 0.240. The van der Waals surface area contributed by atoms with Crippen LogP contribution in [0.1, 0.15) is 41.8 Å². The molecule has 2 atom stereocenters. The van der Waals surface area contributed by atoms with Gasteiger partial charge in [-0.05, 0) is 30.0 Å². The number of oxazole rings is 1. The molecule has 0 aliphatic carbocycles. The summed E-state index contributed by atoms with van der Waals surface area (Å²) >= 11 is 0. The van der Waals surface area contributed by atoms with Gasteiger partial charge in [0.15, 0.2) is 12.0 Å². The number of nitrogens with zero attached hydrogens (tertiary/aromatic N) is 1. The number of para-hydroxylation sites is 1. The van der Waals surface area contributed by atoms with E-state index in [2.05, 4.69) is 15.3 Å². The highest BCUT2D eigenvalue weighted by Crippen LogP contribution is 2.33. The molecule has 0 fully saturated rings. The lowest BCUT2D eigenvalue weighted by molar-refractivity contribution is -0.123. The normalized spacial score (nSPS) is 13.2. The van der Waals surface area contributed by atoms with E-state index in [9.17, 15) is 14.7 Å². The van der Waals surface area contributed by atoms with E-state index in [-0.39, 0.29) is 29.2 Å². The number of phenolic OH excluding ortho intramolecular Hbond substituents is 1. The maximum atomic E-state index is 12.9. The number of rotatable bonds is 8. The van der Waals surface area contributed by atoms with Gasteiger partial charge in [0.25, 0.3) is 0 Å². The van der Waals surface area contributed by atoms with Crippen molar-refractivity contribution in [2.24, 2.45) is 11.7 Å². The van der Waals surface area contributed by atoms with Gasteiger partial charge in [-0.25, -0.2) is 4.98 Å². The summed E-state index contributed by atoms with van der Waals surface area (Å²) in [5.74, 6) is 0.329. The first-order valence-corrected chi connectivity index (χ1v) is 11.1. The van der Waals surface area contributed by atoms with Crippen molar-refractivity contribution in [3.8, 4) is 17.1 Å². The molecule has 2 aromatic heterocycles. The second kappa shape index (κ2) is 9.57. The summed E-state index contributed by atoms with van der Waals surface area (Å²) in [6, 6.07) is 11.1. The zero-order valence-corrected chi connectivity index (χ0v) is 19.3. The van der Waals surface area contributed by atoms with Crippen molar-refractivity contribution in [3.05, 3.63) is 65.8 Å². The number of benzene rings is 2. The lowest BCUT2D eigenvalue weighted by Gasteiger charge is -2.21. The van der Waals surface area contributed by atoms with Gasteiger partial charge in [-0.2, -0.15) is 0 Å². The molecule has 9 heteroatoms. The average molecular weight is 458 g/mol. The van der Waals surface area contributed by atoms with Gasteiger partial charge in [-0.3, -0.25) is 9.59 Å². The van der Waals surface area contributed by atoms with E-state index in [0.717, 1.165) is 27.5 Å². The van der Waals surface area contributed by atoms with Gasteiger partial charge in [-0.1, -0.05) is 49.6 Å². The molecule has 1 amide bonds. The lowest BCUT2D eigenvalue weighted by Crippen LogP contribution is -2.44. The second-order valence-corrected chi connectivity index (χ2v) is 8.79. The molecule has 0 bridgehead atoms. The van der Waals surface area contributed by atoms with Gasteiger partial charge < -0.3 is 25.6 Å². The molecule has 0 spiro atoms. The van der Waals surface area contributed by atoms with Crippen LogP contribution in [0.4, 0.5) is 0 Å². The molecule has 0 radical (unpaired) electrons. The standard InChI is InChI=1S/C25H27BN4O4/c1-13(2)21(30-24(33)19(27)10-14-6-8-15(32)9-7-14)25-29-20(12-31)23(34-25)17-11-28-22-16(17)4-3-5-18(22)26/h3-9,11-13,19,21,28,32H,10,26-27H2,1-2H3,(H,30,33)/t19-,21-/m0/s1. The molecule has 4 rings (SSSR count). The Balaban J connectivity index is 1.60. The Labute approximate surface area is 198 Å². The zero-order chi connectivity index (χ0) is 24.4. The number of hydrogen-bond donors (Lipinski definition) is 4. The topological polar surface area (TPSA) is 134 Å². The number of nitrogens with one attached hydrogen (secondary N) is 2. The number of nitrogens with two attached hydrogens (primary N) is 1. The Morgan fingerprint density at radius 2 is 2.00 bits per heavy atom. The van der Waals surface area contributed by atoms with Crippen LogP contribution in [0.3, 0.4) is 0 Å². The summed E-state index contributed by atoms with van der Waals surface area (Å²) in [5, 5.41) is 13.3. The first-order valence-electron chi connectivity index (χ1n) is 11.1. The van der Waals surface area contributed by atoms with E-state index < -0.39 is 12.1 Å². The van der Waals surface area contributed by atoms with Crippen molar-refractivity contribution in [2.75, 3.05) is 0 Å². The molecule has 0 aliphatic heterocycles. The summed E-state index contributed by atoms with van der Waals surface area (Å²) in [5.41, 5.74) is 9.91. The monoisotopic (exact) mass is 458 g/mol. The van der Waals surface area contributed by atoms with Gasteiger partial charge in [0.2, 0.25) is 11.8 Å². The molecule has 5 N–H and O–H groups in total. The summed E-state index contributed by atoms with van der Waals surface area (Å²) < 4.78 is 6.09. The molecule has 174 valence electrons. The van der Waals surface area contributed by atoms with Crippen LogP contribution in [0.5, 0.6) is 5.75 Å². The number of carbonyl (C=O) groups is 2. The minimum absolute atomic E-state index is 0.0685. The largest absolute Gasteiger partial charge is 0.508 e. The number of carbonyl (C=O) groups excluding carboxylic acids is 2. The first-order chi connectivity index (χ1) is 16.3. The number of aldehydes is 1. The molecular formula is C25H27BN4O4. The second-order valence-electron chi connectivity index (χ2n) is 8.79. The van der Waals surface area contributed by atoms with Gasteiger partial charge in [0, 0.05) is 22.7 Å². The summed E-state index contributed by atoms with van der Waals surface area (Å²) in [6.45, 7) is 3.85. The van der Waals surface area contributed by atoms with Gasteiger partial charge in [0.1, 0.15) is 25.3 Å². The van der Waals surface area contributed by atoms with Crippen LogP contribution < -0.4 is 16.5 Å². The number of phenols is 1. The Hall–Kier alpha value is -3.85. The van der Waals surface area contributed by atoms with Gasteiger partial charge >= 0.3 is 0 Å². The van der Waals surface area contributed by atoms with E-state index in [1.54, 1.807) is 30.5 Å². The third-order valence-electron chi connectivity index (χ3n) is 5.91. The molecule has 34 heavy (non-hydrogen) atoms. The minimum Gasteiger partial charge on any atom is -0.508 e. The Morgan fingerprint density at radius 1 is 1.26 bits per heavy atom. The van der Waals surface area contributed by atoms with E-state index in [1.807, 2.05) is 39.9 Å². The van der Waals surface area contributed by atoms with Gasteiger partial charge in [0.05, 0.1) is 6.04 Å². The van der Waals surface area contributed by atoms with E-state index in [0.29, 0.717) is 18.5 Å². The van der Waals surface area contributed by atoms with Crippen LogP contribution in [0.15, 0.2) is 53.1 Å². The number of aromatic nitrogens is 2. The minimum atomic E-state index is -0.803. The predicted molar refractivity (Wildman–Crippen MR) is 133 cm³/mol. The van der Waals surface area contributed by atoms with E-state index in [4.69, 9.17) is 10.2 Å². The number of hydrogen-bond acceptors (Lipinski definition) is 6. The van der Waals surface area contributed by atoms with Crippen LogP contribution in [0.2, 0.25) is 0 Å². The highest BCUT2D eigenvalue weighted by molar-refractivity contribution is 6.38. The predicted octanol–water partition coefficient (Wildman–Crippen LogP) is 1.98. The fourth-order valence-electron chi connectivity index (χ4n) is 4.00. The SMILES string of the molecule is Bc1cccc2c(-c3oc([C@@H](NC(=O)[C@@H](N)Cc4ccc(O)cc4)C(C)C)nc3C=O)c[nH]c12. The summed E-state index contributed by atoms with van der Waals surface area (Å²) in [7, 11) is 2.00. The third-order valence-corrected chi connectivity index (χ3v) is 5.91. The molecule has 8 nitrogen and oxygen atoms in total. The van der Waals surface area contributed by atoms with Crippen molar-refractivity contribution in [3.63, 3.8) is 0 Å². The number of fused-ring (bicyclic) bond motifs is 1. The van der Waals surface area contributed by atoms with Crippen molar-refractivity contribution in [1.82, 2.24) is 15.3 Å².